The maximum absolute atomic E-state index is 11.5. The van der Waals surface area contributed by atoms with Crippen molar-refractivity contribution >= 4 is 17.8 Å². The average Bonchev–Trinajstić information content (AvgIpc) is 2.30. The second kappa shape index (κ2) is 8.43. The number of aliphatic carboxylic acids is 1. The van der Waals surface area contributed by atoms with Gasteiger partial charge in [-0.3, -0.25) is 9.59 Å². The second-order valence-corrected chi connectivity index (χ2v) is 3.79. The SMILES string of the molecule is COCCC(N)C(=O)N[C@@H](CCC(N)=O)C(=O)O. The van der Waals surface area contributed by atoms with Gasteiger partial charge >= 0.3 is 5.97 Å². The lowest BCUT2D eigenvalue weighted by Gasteiger charge is -2.17. The van der Waals surface area contributed by atoms with Crippen LogP contribution in [-0.2, 0) is 19.1 Å². The molecule has 0 aliphatic carbocycles. The van der Waals surface area contributed by atoms with E-state index in [1.165, 1.54) is 7.11 Å². The van der Waals surface area contributed by atoms with Crippen LogP contribution in [0.4, 0.5) is 0 Å². The van der Waals surface area contributed by atoms with Crippen LogP contribution in [0.3, 0.4) is 0 Å². The van der Waals surface area contributed by atoms with Crippen LogP contribution in [-0.4, -0.2) is 48.7 Å². The number of carbonyl (C=O) groups excluding carboxylic acids is 2. The topological polar surface area (TPSA) is 145 Å². The first-order chi connectivity index (χ1) is 8.38. The Kier molecular flexibility index (Phi) is 7.64. The highest BCUT2D eigenvalue weighted by Crippen LogP contribution is 1.99. The molecule has 0 aliphatic heterocycles. The molecule has 0 aromatic rings. The van der Waals surface area contributed by atoms with Gasteiger partial charge in [-0.1, -0.05) is 0 Å². The Bertz CT molecular complexity index is 308. The number of nitrogens with two attached hydrogens (primary N) is 2. The molecule has 0 aromatic heterocycles. The van der Waals surface area contributed by atoms with Gasteiger partial charge in [0.2, 0.25) is 11.8 Å². The molecule has 18 heavy (non-hydrogen) atoms. The maximum atomic E-state index is 11.5. The zero-order valence-electron chi connectivity index (χ0n) is 10.2. The summed E-state index contributed by atoms with van der Waals surface area (Å²) in [7, 11) is 1.47. The van der Waals surface area contributed by atoms with Crippen molar-refractivity contribution in [2.45, 2.75) is 31.3 Å². The molecule has 0 saturated carbocycles. The number of nitrogens with one attached hydrogen (secondary N) is 1. The van der Waals surface area contributed by atoms with Crippen LogP contribution in [0.25, 0.3) is 0 Å². The monoisotopic (exact) mass is 261 g/mol. The summed E-state index contributed by atoms with van der Waals surface area (Å²) in [6, 6.07) is -2.01. The first-order valence-electron chi connectivity index (χ1n) is 5.44. The van der Waals surface area contributed by atoms with Crippen LogP contribution in [0.1, 0.15) is 19.3 Å². The van der Waals surface area contributed by atoms with Crippen molar-refractivity contribution < 1.29 is 24.2 Å². The Morgan fingerprint density at radius 1 is 1.33 bits per heavy atom. The third-order valence-electron chi connectivity index (χ3n) is 2.26. The molecule has 0 fully saturated rings. The van der Waals surface area contributed by atoms with Crippen molar-refractivity contribution in [3.63, 3.8) is 0 Å². The normalized spacial score (nSPS) is 13.7. The summed E-state index contributed by atoms with van der Waals surface area (Å²) in [5.74, 6) is -2.45. The van der Waals surface area contributed by atoms with Crippen molar-refractivity contribution in [3.05, 3.63) is 0 Å². The largest absolute Gasteiger partial charge is 0.480 e. The third kappa shape index (κ3) is 6.81. The van der Waals surface area contributed by atoms with Gasteiger partial charge in [0.1, 0.15) is 6.04 Å². The molecule has 0 rings (SSSR count). The van der Waals surface area contributed by atoms with E-state index in [-0.39, 0.29) is 19.3 Å². The highest BCUT2D eigenvalue weighted by atomic mass is 16.5. The minimum atomic E-state index is -1.23. The molecular formula is C10H19N3O5. The molecule has 0 spiro atoms. The van der Waals surface area contributed by atoms with E-state index < -0.39 is 29.9 Å². The Morgan fingerprint density at radius 2 is 1.94 bits per heavy atom. The molecular weight excluding hydrogens is 242 g/mol. The molecule has 0 radical (unpaired) electrons. The van der Waals surface area contributed by atoms with E-state index in [1.54, 1.807) is 0 Å². The van der Waals surface area contributed by atoms with Crippen molar-refractivity contribution in [2.24, 2.45) is 11.5 Å². The number of ether oxygens (including phenoxy) is 1. The Balaban J connectivity index is 4.26. The Morgan fingerprint density at radius 3 is 2.39 bits per heavy atom. The van der Waals surface area contributed by atoms with Crippen molar-refractivity contribution in [1.82, 2.24) is 5.32 Å². The smallest absolute Gasteiger partial charge is 0.326 e. The predicted molar refractivity (Wildman–Crippen MR) is 62.5 cm³/mol. The van der Waals surface area contributed by atoms with Gasteiger partial charge in [0.05, 0.1) is 6.04 Å². The molecule has 0 bridgehead atoms. The van der Waals surface area contributed by atoms with Gasteiger partial charge in [-0.25, -0.2) is 4.79 Å². The number of hydrogen-bond donors (Lipinski definition) is 4. The molecule has 8 heteroatoms. The summed E-state index contributed by atoms with van der Waals surface area (Å²) < 4.78 is 4.76. The Labute approximate surface area is 105 Å². The third-order valence-corrected chi connectivity index (χ3v) is 2.26. The zero-order chi connectivity index (χ0) is 14.1. The number of hydrogen-bond acceptors (Lipinski definition) is 5. The minimum Gasteiger partial charge on any atom is -0.480 e. The quantitative estimate of drug-likeness (QED) is 0.385. The van der Waals surface area contributed by atoms with Crippen LogP contribution in [0.2, 0.25) is 0 Å². The number of methoxy groups -OCH3 is 1. The average molecular weight is 261 g/mol. The first-order valence-corrected chi connectivity index (χ1v) is 5.44. The number of primary amides is 1. The number of amides is 2. The molecule has 0 saturated heterocycles. The zero-order valence-corrected chi connectivity index (χ0v) is 10.2. The summed E-state index contributed by atoms with van der Waals surface area (Å²) in [5, 5.41) is 11.1. The lowest BCUT2D eigenvalue weighted by Crippen LogP contribution is -2.49. The van der Waals surface area contributed by atoms with E-state index in [9.17, 15) is 14.4 Å². The number of carboxylic acid groups (broad SMARTS) is 1. The molecule has 0 aromatic carbocycles. The van der Waals surface area contributed by atoms with Gasteiger partial charge in [-0.15, -0.1) is 0 Å². The first kappa shape index (κ1) is 16.3. The molecule has 6 N–H and O–H groups in total. The summed E-state index contributed by atoms with van der Waals surface area (Å²) in [5.41, 5.74) is 10.4. The van der Waals surface area contributed by atoms with Gasteiger partial charge < -0.3 is 26.6 Å². The fourth-order valence-corrected chi connectivity index (χ4v) is 1.20. The molecule has 2 amide bonds. The van der Waals surface area contributed by atoms with Crippen LogP contribution in [0.5, 0.6) is 0 Å². The summed E-state index contributed by atoms with van der Waals surface area (Å²) in [4.78, 5) is 33.0. The van der Waals surface area contributed by atoms with Crippen molar-refractivity contribution in [3.8, 4) is 0 Å². The van der Waals surface area contributed by atoms with Gasteiger partial charge in [0.15, 0.2) is 0 Å². The number of rotatable bonds is 9. The van der Waals surface area contributed by atoms with E-state index in [2.05, 4.69) is 5.32 Å². The Hall–Kier alpha value is -1.67. The summed E-state index contributed by atoms with van der Waals surface area (Å²) >= 11 is 0. The van der Waals surface area contributed by atoms with Gasteiger partial charge in [0.25, 0.3) is 0 Å². The molecule has 104 valence electrons. The lowest BCUT2D eigenvalue weighted by molar-refractivity contribution is -0.142. The van der Waals surface area contributed by atoms with Crippen molar-refractivity contribution in [1.29, 1.82) is 0 Å². The van der Waals surface area contributed by atoms with E-state index in [0.717, 1.165) is 0 Å². The van der Waals surface area contributed by atoms with Crippen LogP contribution in [0, 0.1) is 0 Å². The molecule has 2 atom stereocenters. The summed E-state index contributed by atoms with van der Waals surface area (Å²) in [6.45, 7) is 0.299. The number of carboxylic acids is 1. The molecule has 0 heterocycles. The fourth-order valence-electron chi connectivity index (χ4n) is 1.20. The van der Waals surface area contributed by atoms with Crippen LogP contribution in [0.15, 0.2) is 0 Å². The molecule has 8 nitrogen and oxygen atoms in total. The molecule has 0 aliphatic rings. The van der Waals surface area contributed by atoms with E-state index >= 15 is 0 Å². The van der Waals surface area contributed by atoms with Gasteiger partial charge in [0, 0.05) is 20.1 Å². The second-order valence-electron chi connectivity index (χ2n) is 3.79. The minimum absolute atomic E-state index is 0.0621. The van der Waals surface area contributed by atoms with Crippen LogP contribution < -0.4 is 16.8 Å². The summed E-state index contributed by atoms with van der Waals surface area (Å²) in [6.07, 6.45) is 0.0997. The van der Waals surface area contributed by atoms with E-state index in [0.29, 0.717) is 6.61 Å². The highest BCUT2D eigenvalue weighted by molar-refractivity contribution is 5.87. The standard InChI is InChI=1S/C10H19N3O5/c1-18-5-4-6(11)9(15)13-7(10(16)17)2-3-8(12)14/h6-7H,2-5,11H2,1H3,(H2,12,14)(H,13,15)(H,16,17)/t6?,7-/m0/s1. The lowest BCUT2D eigenvalue weighted by atomic mass is 10.1. The van der Waals surface area contributed by atoms with E-state index in [4.69, 9.17) is 21.3 Å². The van der Waals surface area contributed by atoms with Gasteiger partial charge in [-0.05, 0) is 12.8 Å². The van der Waals surface area contributed by atoms with Crippen molar-refractivity contribution in [2.75, 3.05) is 13.7 Å². The number of carbonyl (C=O) groups is 3. The van der Waals surface area contributed by atoms with E-state index in [1.807, 2.05) is 0 Å². The fraction of sp³-hybridized carbons (Fsp3) is 0.700. The predicted octanol–water partition coefficient (Wildman–Crippen LogP) is -1.81. The van der Waals surface area contributed by atoms with Gasteiger partial charge in [-0.2, -0.15) is 0 Å². The van der Waals surface area contributed by atoms with Crippen LogP contribution >= 0.6 is 0 Å². The highest BCUT2D eigenvalue weighted by Gasteiger charge is 2.23. The maximum Gasteiger partial charge on any atom is 0.326 e. The molecule has 1 unspecified atom stereocenters.